The van der Waals surface area contributed by atoms with Crippen LogP contribution in [-0.4, -0.2) is 54.0 Å². The smallest absolute Gasteiger partial charge is 0.326 e. The van der Waals surface area contributed by atoms with Crippen LogP contribution in [0.2, 0.25) is 0 Å². The number of rotatable bonds is 13. The maximum atomic E-state index is 13.4. The van der Waals surface area contributed by atoms with Gasteiger partial charge in [-0.2, -0.15) is 0 Å². The molecule has 1 fully saturated rings. The highest BCUT2D eigenvalue weighted by molar-refractivity contribution is 7.79. The van der Waals surface area contributed by atoms with Crippen molar-refractivity contribution in [1.29, 1.82) is 0 Å². The van der Waals surface area contributed by atoms with E-state index in [9.17, 15) is 18.9 Å². The summed E-state index contributed by atoms with van der Waals surface area (Å²) in [7, 11) is 0. The topological polar surface area (TPSA) is 107 Å². The molecule has 3 aromatic rings. The molecule has 0 aliphatic heterocycles. The second kappa shape index (κ2) is 12.9. The summed E-state index contributed by atoms with van der Waals surface area (Å²) in [5.74, 6) is -2.01. The van der Waals surface area contributed by atoms with Crippen LogP contribution in [0.5, 0.6) is 0 Å². The van der Waals surface area contributed by atoms with Crippen molar-refractivity contribution in [3.63, 3.8) is 0 Å². The van der Waals surface area contributed by atoms with E-state index >= 15 is 0 Å². The lowest BCUT2D eigenvalue weighted by Gasteiger charge is -2.39. The van der Waals surface area contributed by atoms with Crippen molar-refractivity contribution in [2.45, 2.75) is 70.6 Å². The number of amides is 1. The summed E-state index contributed by atoms with van der Waals surface area (Å²) in [5.41, 5.74) is 5.30. The van der Waals surface area contributed by atoms with Gasteiger partial charge in [0.1, 0.15) is 6.04 Å². The van der Waals surface area contributed by atoms with E-state index in [0.717, 1.165) is 35.2 Å². The van der Waals surface area contributed by atoms with E-state index < -0.39 is 29.0 Å². The summed E-state index contributed by atoms with van der Waals surface area (Å²) in [6.45, 7) is 7.28. The van der Waals surface area contributed by atoms with Crippen LogP contribution < -0.4 is 5.32 Å². The Morgan fingerprint density at radius 2 is 1.68 bits per heavy atom. The number of hydrogen-bond acceptors (Lipinski definition) is 4. The van der Waals surface area contributed by atoms with Crippen LogP contribution in [0.3, 0.4) is 0 Å². The minimum absolute atomic E-state index is 0.0805. The molecule has 3 aromatic carbocycles. The van der Waals surface area contributed by atoms with E-state index in [0.29, 0.717) is 11.6 Å². The lowest BCUT2D eigenvalue weighted by molar-refractivity contribution is -0.139. The van der Waals surface area contributed by atoms with Gasteiger partial charge in [0.2, 0.25) is 0 Å². The Morgan fingerprint density at radius 3 is 2.30 bits per heavy atom. The van der Waals surface area contributed by atoms with Gasteiger partial charge in [-0.3, -0.25) is 9.69 Å². The average molecular weight is 563 g/mol. The number of carbonyl (C=O) groups excluding carboxylic acids is 1. The van der Waals surface area contributed by atoms with Crippen LogP contribution in [0.25, 0.3) is 11.1 Å². The predicted molar refractivity (Wildman–Crippen MR) is 159 cm³/mol. The van der Waals surface area contributed by atoms with Crippen molar-refractivity contribution in [2.75, 3.05) is 5.75 Å². The molecule has 0 saturated heterocycles. The van der Waals surface area contributed by atoms with Gasteiger partial charge in [-0.1, -0.05) is 60.7 Å². The second-order valence-electron chi connectivity index (χ2n) is 11.2. The average Bonchev–Trinajstić information content (AvgIpc) is 3.75. The quantitative estimate of drug-likeness (QED) is 0.240. The Hall–Kier alpha value is -3.33. The first-order valence-corrected chi connectivity index (χ1v) is 14.9. The Kier molecular flexibility index (Phi) is 9.56. The van der Waals surface area contributed by atoms with E-state index in [1.807, 2.05) is 49.4 Å². The third kappa shape index (κ3) is 7.65. The molecule has 0 aromatic heterocycles. The summed E-state index contributed by atoms with van der Waals surface area (Å²) in [6.07, 6.45) is 3.11. The third-order valence-corrected chi connectivity index (χ3v) is 8.13. The number of aryl methyl sites for hydroxylation is 1. The van der Waals surface area contributed by atoms with Crippen LogP contribution in [-0.2, 0) is 28.8 Å². The molecule has 1 saturated carbocycles. The summed E-state index contributed by atoms with van der Waals surface area (Å²) >= 11 is -2.15. The number of nitrogens with one attached hydrogen (secondary N) is 1. The number of benzene rings is 3. The van der Waals surface area contributed by atoms with Crippen LogP contribution >= 0.6 is 0 Å². The zero-order chi connectivity index (χ0) is 28.9. The maximum Gasteiger partial charge on any atom is 0.326 e. The number of nitrogens with zero attached hydrogens (tertiary/aromatic N) is 1. The molecule has 0 spiro atoms. The van der Waals surface area contributed by atoms with Crippen molar-refractivity contribution < 1.29 is 23.5 Å². The zero-order valence-corrected chi connectivity index (χ0v) is 24.1. The van der Waals surface area contributed by atoms with Crippen molar-refractivity contribution in [1.82, 2.24) is 10.2 Å². The Bertz CT molecular complexity index is 1370. The Morgan fingerprint density at radius 1 is 1.00 bits per heavy atom. The van der Waals surface area contributed by atoms with Crippen LogP contribution in [0.1, 0.15) is 60.2 Å². The van der Waals surface area contributed by atoms with Gasteiger partial charge < -0.3 is 15.0 Å². The zero-order valence-electron chi connectivity index (χ0n) is 23.3. The maximum absolute atomic E-state index is 13.4. The highest BCUT2D eigenvalue weighted by atomic mass is 32.2. The first kappa shape index (κ1) is 29.6. The molecule has 4 rings (SSSR count). The van der Waals surface area contributed by atoms with E-state index in [1.54, 1.807) is 6.07 Å². The molecule has 0 bridgehead atoms. The summed E-state index contributed by atoms with van der Waals surface area (Å²) < 4.78 is 20.2. The molecular formula is C32H38N2O5S. The minimum atomic E-state index is -2.15. The molecule has 2 unspecified atom stereocenters. The van der Waals surface area contributed by atoms with Gasteiger partial charge in [0.25, 0.3) is 5.91 Å². The SMILES string of the molecule is Cc1ccccc1-c1cc(CN(C2CC2)C(C)(C)Cc2ccccc2)ccc1C(=O)NC(CCS(=O)O)C(=O)O. The van der Waals surface area contributed by atoms with Gasteiger partial charge >= 0.3 is 5.97 Å². The molecule has 212 valence electrons. The number of aliphatic carboxylic acids is 1. The van der Waals surface area contributed by atoms with Gasteiger partial charge in [-0.05, 0) is 86.4 Å². The fraction of sp³-hybridized carbons (Fsp3) is 0.375. The Labute approximate surface area is 238 Å². The lowest BCUT2D eigenvalue weighted by Crippen LogP contribution is -2.46. The highest BCUT2D eigenvalue weighted by Crippen LogP contribution is 2.37. The van der Waals surface area contributed by atoms with E-state index in [1.165, 1.54) is 18.4 Å². The van der Waals surface area contributed by atoms with Gasteiger partial charge in [0, 0.05) is 23.7 Å². The molecule has 40 heavy (non-hydrogen) atoms. The van der Waals surface area contributed by atoms with E-state index in [2.05, 4.69) is 48.3 Å². The first-order valence-electron chi connectivity index (χ1n) is 13.7. The van der Waals surface area contributed by atoms with Crippen molar-refractivity contribution in [2.24, 2.45) is 0 Å². The van der Waals surface area contributed by atoms with Gasteiger partial charge in [-0.25, -0.2) is 9.00 Å². The minimum Gasteiger partial charge on any atom is -0.480 e. The summed E-state index contributed by atoms with van der Waals surface area (Å²) in [5, 5.41) is 12.2. The number of carboxylic acid groups (broad SMARTS) is 1. The van der Waals surface area contributed by atoms with Gasteiger partial charge in [-0.15, -0.1) is 0 Å². The van der Waals surface area contributed by atoms with Crippen LogP contribution in [0.4, 0.5) is 0 Å². The molecule has 1 aliphatic rings. The Balaban J connectivity index is 1.65. The molecular weight excluding hydrogens is 524 g/mol. The summed E-state index contributed by atoms with van der Waals surface area (Å²) in [6, 6.07) is 23.3. The van der Waals surface area contributed by atoms with Gasteiger partial charge in [0.05, 0.1) is 5.75 Å². The van der Waals surface area contributed by atoms with Crippen molar-refractivity contribution in [3.8, 4) is 11.1 Å². The van der Waals surface area contributed by atoms with Crippen molar-refractivity contribution >= 4 is 23.0 Å². The molecule has 8 heteroatoms. The fourth-order valence-electron chi connectivity index (χ4n) is 5.31. The molecule has 3 N–H and O–H groups in total. The van der Waals surface area contributed by atoms with Crippen LogP contribution in [0.15, 0.2) is 72.8 Å². The highest BCUT2D eigenvalue weighted by Gasteiger charge is 2.38. The van der Waals surface area contributed by atoms with Crippen molar-refractivity contribution in [3.05, 3.63) is 95.1 Å². The molecule has 0 radical (unpaired) electrons. The number of hydrogen-bond donors (Lipinski definition) is 3. The third-order valence-electron chi connectivity index (χ3n) is 7.55. The molecule has 1 aliphatic carbocycles. The van der Waals surface area contributed by atoms with Crippen LogP contribution in [0, 0.1) is 6.92 Å². The molecule has 1 amide bonds. The fourth-order valence-corrected chi connectivity index (χ4v) is 5.75. The standard InChI is InChI=1S/C32H38N2O5S/c1-22-9-7-8-12-26(22)28-19-24(13-16-27(28)30(35)33-29(31(36)37)17-18-40(38)39)21-34(25-14-15-25)32(2,3)20-23-10-5-4-6-11-23/h4-13,16,19,25,29H,14-15,17-18,20-21H2,1-3H3,(H,33,35)(H,36,37)(H,38,39). The summed E-state index contributed by atoms with van der Waals surface area (Å²) in [4.78, 5) is 27.7. The molecule has 7 nitrogen and oxygen atoms in total. The molecule has 0 heterocycles. The first-order chi connectivity index (χ1) is 19.0. The lowest BCUT2D eigenvalue weighted by atomic mass is 9.90. The number of carbonyl (C=O) groups is 2. The second-order valence-corrected chi connectivity index (χ2v) is 12.3. The van der Waals surface area contributed by atoms with E-state index in [4.69, 9.17) is 4.55 Å². The monoisotopic (exact) mass is 562 g/mol. The van der Waals surface area contributed by atoms with Gasteiger partial charge in [0.15, 0.2) is 11.1 Å². The normalized spacial score (nSPS) is 15.0. The largest absolute Gasteiger partial charge is 0.480 e. The van der Waals surface area contributed by atoms with E-state index in [-0.39, 0.29) is 17.7 Å². The molecule has 2 atom stereocenters. The number of carboxylic acids is 1. The predicted octanol–water partition coefficient (Wildman–Crippen LogP) is 5.44.